The lowest BCUT2D eigenvalue weighted by Crippen LogP contribution is -2.50. The van der Waals surface area contributed by atoms with Gasteiger partial charge in [0.15, 0.2) is 0 Å². The van der Waals surface area contributed by atoms with E-state index in [4.69, 9.17) is 16.3 Å². The molecule has 3 N–H and O–H groups in total. The van der Waals surface area contributed by atoms with E-state index in [0.29, 0.717) is 28.8 Å². The Morgan fingerprint density at radius 3 is 2.56 bits per heavy atom. The lowest BCUT2D eigenvalue weighted by molar-refractivity contribution is -0.119. The number of rotatable bonds is 12. The zero-order valence-electron chi connectivity index (χ0n) is 22.1. The van der Waals surface area contributed by atoms with E-state index < -0.39 is 17.6 Å². The number of aromatic nitrogens is 6. The van der Waals surface area contributed by atoms with Crippen molar-refractivity contribution >= 4 is 29.1 Å². The predicted molar refractivity (Wildman–Crippen MR) is 144 cm³/mol. The molecular formula is C26H33ClN8O4. The number of nitrogens with one attached hydrogen (secondary N) is 3. The summed E-state index contributed by atoms with van der Waals surface area (Å²) in [5, 5.41) is 20.8. The van der Waals surface area contributed by atoms with Gasteiger partial charge in [0.25, 0.3) is 11.5 Å². The van der Waals surface area contributed by atoms with E-state index in [1.54, 1.807) is 23.1 Å². The Hall–Kier alpha value is -3.51. The van der Waals surface area contributed by atoms with Crippen LogP contribution in [0.3, 0.4) is 0 Å². The summed E-state index contributed by atoms with van der Waals surface area (Å²) in [4.78, 5) is 39.5. The maximum atomic E-state index is 13.7. The molecule has 0 bridgehead atoms. The first kappa shape index (κ1) is 27.1. The number of carbonyl (C=O) groups is 2. The van der Waals surface area contributed by atoms with Gasteiger partial charge in [0, 0.05) is 31.1 Å². The number of nitrogens with zero attached hydrogens (tertiary/aromatic N) is 5. The van der Waals surface area contributed by atoms with E-state index in [9.17, 15) is 14.4 Å². The average molecular weight is 557 g/mol. The number of hydrogen-bond donors (Lipinski definition) is 3. The quantitative estimate of drug-likeness (QED) is 0.310. The first-order valence-electron chi connectivity index (χ1n) is 13.2. The van der Waals surface area contributed by atoms with Crippen LogP contribution in [0.4, 0.5) is 5.69 Å². The molecule has 2 atom stereocenters. The monoisotopic (exact) mass is 556 g/mol. The molecule has 208 valence electrons. The predicted octanol–water partition coefficient (Wildman–Crippen LogP) is 2.81. The van der Waals surface area contributed by atoms with Crippen LogP contribution in [0.5, 0.6) is 0 Å². The van der Waals surface area contributed by atoms with Gasteiger partial charge < -0.3 is 15.4 Å². The highest BCUT2D eigenvalue weighted by atomic mass is 35.5. The number of hydrogen-bond acceptors (Lipinski definition) is 7. The van der Waals surface area contributed by atoms with Crippen molar-refractivity contribution in [2.24, 2.45) is 17.8 Å². The zero-order valence-corrected chi connectivity index (χ0v) is 22.9. The molecule has 1 unspecified atom stereocenters. The van der Waals surface area contributed by atoms with Crippen LogP contribution in [0.2, 0.25) is 5.15 Å². The lowest BCUT2D eigenvalue weighted by atomic mass is 9.88. The second kappa shape index (κ2) is 11.3. The molecule has 3 aromatic heterocycles. The van der Waals surface area contributed by atoms with Gasteiger partial charge in [-0.2, -0.15) is 15.3 Å². The normalized spacial score (nSPS) is 16.9. The molecule has 3 aromatic rings. The first-order valence-corrected chi connectivity index (χ1v) is 13.6. The summed E-state index contributed by atoms with van der Waals surface area (Å²) in [6.45, 7) is 4.05. The zero-order chi connectivity index (χ0) is 27.7. The van der Waals surface area contributed by atoms with Gasteiger partial charge in [0.05, 0.1) is 18.5 Å². The van der Waals surface area contributed by atoms with Crippen molar-refractivity contribution < 1.29 is 14.3 Å². The van der Waals surface area contributed by atoms with Crippen LogP contribution < -0.4 is 16.2 Å². The molecule has 0 radical (unpaired) electrons. The van der Waals surface area contributed by atoms with E-state index >= 15 is 0 Å². The molecule has 13 heteroatoms. The van der Waals surface area contributed by atoms with Gasteiger partial charge in [-0.1, -0.05) is 11.6 Å². The Balaban J connectivity index is 1.38. The minimum atomic E-state index is -0.701. The first-order chi connectivity index (χ1) is 18.8. The molecule has 2 aliphatic rings. The Morgan fingerprint density at radius 2 is 1.92 bits per heavy atom. The van der Waals surface area contributed by atoms with Crippen molar-refractivity contribution in [2.75, 3.05) is 19.0 Å². The summed E-state index contributed by atoms with van der Waals surface area (Å²) in [5.41, 5.74) is 0.772. The van der Waals surface area contributed by atoms with Crippen molar-refractivity contribution in [2.45, 2.75) is 57.7 Å². The summed E-state index contributed by atoms with van der Waals surface area (Å²) < 4.78 is 8.51. The van der Waals surface area contributed by atoms with Gasteiger partial charge in [0.2, 0.25) is 5.91 Å². The second-order valence-corrected chi connectivity index (χ2v) is 11.0. The highest BCUT2D eigenvalue weighted by molar-refractivity contribution is 6.29. The molecule has 2 fully saturated rings. The maximum absolute atomic E-state index is 13.7. The molecule has 2 amide bonds. The molecule has 5 rings (SSSR count). The summed E-state index contributed by atoms with van der Waals surface area (Å²) >= 11 is 6.00. The Morgan fingerprint density at radius 1 is 1.21 bits per heavy atom. The van der Waals surface area contributed by atoms with Gasteiger partial charge in [0.1, 0.15) is 22.9 Å². The number of halogens is 1. The standard InChI is InChI=1S/C26H33ClN8O4/c1-14(2)35-19(8-9-28-35)25(37)31-23(22(15-4-5-15)16-6-7-16)26(38)30-17-11-29-34(12-17)20(13-39-3)18-10-21(27)32-33-24(18)36/h8-12,14-16,20,22-23H,4-7,13H2,1-3H3,(H,30,38)(H,31,37)(H,33,36)/t20?,23-/m0/s1. The Labute approximate surface area is 230 Å². The fraction of sp³-hybridized carbons (Fsp3) is 0.538. The molecule has 0 aliphatic heterocycles. The highest BCUT2D eigenvalue weighted by Gasteiger charge is 2.48. The summed E-state index contributed by atoms with van der Waals surface area (Å²) in [5.74, 6) is 0.284. The number of aromatic amines is 1. The third kappa shape index (κ3) is 6.06. The van der Waals surface area contributed by atoms with Gasteiger partial charge in [-0.05, 0) is 69.4 Å². The Kier molecular flexibility index (Phi) is 7.85. The summed E-state index contributed by atoms with van der Waals surface area (Å²) in [6, 6.07) is 1.84. The molecule has 0 spiro atoms. The van der Waals surface area contributed by atoms with Gasteiger partial charge in [-0.25, -0.2) is 5.10 Å². The molecule has 39 heavy (non-hydrogen) atoms. The van der Waals surface area contributed by atoms with Crippen LogP contribution in [0.25, 0.3) is 0 Å². The van der Waals surface area contributed by atoms with E-state index in [1.807, 2.05) is 13.8 Å². The highest BCUT2D eigenvalue weighted by Crippen LogP contribution is 2.51. The van der Waals surface area contributed by atoms with Crippen molar-refractivity contribution in [3.05, 3.63) is 57.5 Å². The van der Waals surface area contributed by atoms with Crippen molar-refractivity contribution in [1.29, 1.82) is 0 Å². The summed E-state index contributed by atoms with van der Waals surface area (Å²) in [7, 11) is 1.52. The van der Waals surface area contributed by atoms with Crippen LogP contribution in [-0.2, 0) is 9.53 Å². The fourth-order valence-electron chi connectivity index (χ4n) is 5.25. The molecule has 2 aliphatic carbocycles. The molecule has 3 heterocycles. The maximum Gasteiger partial charge on any atom is 0.270 e. The van der Waals surface area contributed by atoms with E-state index in [-0.39, 0.29) is 35.5 Å². The van der Waals surface area contributed by atoms with Crippen LogP contribution in [0, 0.1) is 17.8 Å². The molecule has 0 aromatic carbocycles. The SMILES string of the molecule is COCC(c1cc(Cl)n[nH]c1=O)n1cc(NC(=O)[C@@H](NC(=O)c2ccnn2C(C)C)C(C2CC2)C2CC2)cn1. The van der Waals surface area contributed by atoms with Crippen molar-refractivity contribution in [3.8, 4) is 0 Å². The number of carbonyl (C=O) groups excluding carboxylic acids is 2. The molecule has 12 nitrogen and oxygen atoms in total. The minimum absolute atomic E-state index is 0.00378. The largest absolute Gasteiger partial charge is 0.382 e. The van der Waals surface area contributed by atoms with Crippen molar-refractivity contribution in [3.63, 3.8) is 0 Å². The van der Waals surface area contributed by atoms with Crippen LogP contribution >= 0.6 is 11.6 Å². The third-order valence-electron chi connectivity index (χ3n) is 7.35. The Bertz CT molecular complexity index is 1380. The second-order valence-electron chi connectivity index (χ2n) is 10.6. The van der Waals surface area contributed by atoms with Crippen molar-refractivity contribution in [1.82, 2.24) is 35.1 Å². The van der Waals surface area contributed by atoms with Crippen LogP contribution in [0.15, 0.2) is 35.5 Å². The lowest BCUT2D eigenvalue weighted by Gasteiger charge is -2.27. The topological polar surface area (TPSA) is 149 Å². The number of amides is 2. The van der Waals surface area contributed by atoms with Gasteiger partial charge in [-0.3, -0.25) is 23.7 Å². The minimum Gasteiger partial charge on any atom is -0.382 e. The van der Waals surface area contributed by atoms with E-state index in [1.165, 1.54) is 24.1 Å². The number of methoxy groups -OCH3 is 1. The number of anilines is 1. The molecule has 0 saturated heterocycles. The van der Waals surface area contributed by atoms with E-state index in [0.717, 1.165) is 25.7 Å². The van der Waals surface area contributed by atoms with Gasteiger partial charge >= 0.3 is 0 Å². The average Bonchev–Trinajstić information content (AvgIpc) is 3.82. The molecule has 2 saturated carbocycles. The van der Waals surface area contributed by atoms with Gasteiger partial charge in [-0.15, -0.1) is 0 Å². The van der Waals surface area contributed by atoms with E-state index in [2.05, 4.69) is 31.0 Å². The van der Waals surface area contributed by atoms with Crippen LogP contribution in [0.1, 0.15) is 67.7 Å². The smallest absolute Gasteiger partial charge is 0.270 e. The fourth-order valence-corrected chi connectivity index (χ4v) is 5.41. The third-order valence-corrected chi connectivity index (χ3v) is 7.55. The number of H-pyrrole nitrogens is 1. The molecular weight excluding hydrogens is 524 g/mol. The van der Waals surface area contributed by atoms with Crippen LogP contribution in [-0.4, -0.2) is 61.3 Å². The number of ether oxygens (including phenoxy) is 1. The summed E-state index contributed by atoms with van der Waals surface area (Å²) in [6.07, 6.45) is 8.97.